The minimum absolute atomic E-state index is 0.0569. The van der Waals surface area contributed by atoms with Crippen LogP contribution in [0.4, 0.5) is 0 Å². The minimum Gasteiger partial charge on any atom is -0.0654 e. The summed E-state index contributed by atoms with van der Waals surface area (Å²) >= 11 is 0. The monoisotopic (exact) mass is 723 g/mol. The van der Waals surface area contributed by atoms with Crippen LogP contribution in [-0.2, 0) is 10.8 Å². The van der Waals surface area contributed by atoms with Crippen molar-refractivity contribution in [2.24, 2.45) is 11.8 Å². The summed E-state index contributed by atoms with van der Waals surface area (Å²) in [7, 11) is 0. The van der Waals surface area contributed by atoms with E-state index in [0.29, 0.717) is 11.8 Å². The lowest BCUT2D eigenvalue weighted by Gasteiger charge is -2.37. The van der Waals surface area contributed by atoms with Crippen molar-refractivity contribution in [2.75, 3.05) is 0 Å². The van der Waals surface area contributed by atoms with E-state index >= 15 is 0 Å². The van der Waals surface area contributed by atoms with Crippen molar-refractivity contribution in [1.29, 1.82) is 0 Å². The van der Waals surface area contributed by atoms with Gasteiger partial charge in [0, 0.05) is 10.8 Å². The molecule has 2 atom stereocenters. The molecule has 290 valence electrons. The molecule has 0 radical (unpaired) electrons. The van der Waals surface area contributed by atoms with Crippen LogP contribution in [0.2, 0.25) is 0 Å². The van der Waals surface area contributed by atoms with Crippen LogP contribution in [0.25, 0.3) is 33.4 Å². The fraction of sp³-hybridized carbons (Fsp3) is 0.556. The van der Waals surface area contributed by atoms with Gasteiger partial charge in [-0.25, -0.2) is 0 Å². The summed E-state index contributed by atoms with van der Waals surface area (Å²) in [5, 5.41) is 0. The molecule has 0 N–H and O–H groups in total. The lowest BCUT2D eigenvalue weighted by molar-refractivity contribution is 0.308. The molecule has 0 saturated heterocycles. The van der Waals surface area contributed by atoms with Crippen molar-refractivity contribution >= 4 is 0 Å². The first-order valence-electron chi connectivity index (χ1n) is 22.7. The van der Waals surface area contributed by atoms with Gasteiger partial charge in [-0.05, 0) is 119 Å². The Kier molecular flexibility index (Phi) is 13.7. The molecule has 0 aromatic heterocycles. The van der Waals surface area contributed by atoms with Gasteiger partial charge in [0.15, 0.2) is 0 Å². The molecule has 0 amide bonds. The van der Waals surface area contributed by atoms with Crippen LogP contribution in [0.15, 0.2) is 72.8 Å². The van der Waals surface area contributed by atoms with E-state index in [1.807, 2.05) is 0 Å². The van der Waals surface area contributed by atoms with Crippen molar-refractivity contribution in [3.63, 3.8) is 0 Å². The van der Waals surface area contributed by atoms with E-state index in [2.05, 4.69) is 128 Å². The lowest BCUT2D eigenvalue weighted by atomic mass is 9.66. The summed E-state index contributed by atoms with van der Waals surface area (Å²) in [4.78, 5) is 0. The zero-order chi connectivity index (χ0) is 38.3. The van der Waals surface area contributed by atoms with Crippen LogP contribution in [0.5, 0.6) is 0 Å². The Morgan fingerprint density at radius 2 is 0.759 bits per heavy atom. The highest BCUT2D eigenvalue weighted by Crippen LogP contribution is 2.58. The molecule has 0 heterocycles. The van der Waals surface area contributed by atoms with Gasteiger partial charge < -0.3 is 0 Å². The Labute approximate surface area is 332 Å². The van der Waals surface area contributed by atoms with Crippen molar-refractivity contribution < 1.29 is 0 Å². The van der Waals surface area contributed by atoms with Crippen LogP contribution < -0.4 is 0 Å². The molecule has 0 heteroatoms. The first-order valence-corrected chi connectivity index (χ1v) is 22.7. The van der Waals surface area contributed by atoms with Gasteiger partial charge in [0.1, 0.15) is 0 Å². The first-order chi connectivity index (χ1) is 26.2. The number of aryl methyl sites for hydroxylation is 2. The predicted molar refractivity (Wildman–Crippen MR) is 238 cm³/mol. The molecule has 0 spiro atoms. The predicted octanol–water partition coefficient (Wildman–Crippen LogP) is 16.9. The lowest BCUT2D eigenvalue weighted by Crippen LogP contribution is -2.30. The zero-order valence-electron chi connectivity index (χ0n) is 35.8. The van der Waals surface area contributed by atoms with Gasteiger partial charge in [-0.3, -0.25) is 0 Å². The van der Waals surface area contributed by atoms with Gasteiger partial charge in [-0.1, -0.05) is 203 Å². The zero-order valence-corrected chi connectivity index (χ0v) is 35.8. The Morgan fingerprint density at radius 1 is 0.407 bits per heavy atom. The fourth-order valence-electron chi connectivity index (χ4n) is 10.7. The topological polar surface area (TPSA) is 0 Å². The average Bonchev–Trinajstić information content (AvgIpc) is 3.59. The second kappa shape index (κ2) is 18.2. The largest absolute Gasteiger partial charge is 0.0654 e. The summed E-state index contributed by atoms with van der Waals surface area (Å²) in [6, 6.07) is 30.0. The van der Waals surface area contributed by atoms with E-state index in [1.54, 1.807) is 22.3 Å². The van der Waals surface area contributed by atoms with Gasteiger partial charge in [0.25, 0.3) is 0 Å². The molecule has 2 aliphatic carbocycles. The van der Waals surface area contributed by atoms with Gasteiger partial charge in [0.2, 0.25) is 0 Å². The van der Waals surface area contributed by atoms with E-state index in [0.717, 1.165) is 0 Å². The number of rotatable bonds is 21. The first kappa shape index (κ1) is 40.5. The number of hydrogen-bond donors (Lipinski definition) is 0. The normalized spacial score (nSPS) is 15.8. The molecule has 0 bridgehead atoms. The molecule has 4 aromatic rings. The molecule has 6 rings (SSSR count). The van der Waals surface area contributed by atoms with Crippen molar-refractivity contribution in [3.8, 4) is 33.4 Å². The smallest absolute Gasteiger partial charge is 0.0220 e. The highest BCUT2D eigenvalue weighted by atomic mass is 14.5. The van der Waals surface area contributed by atoms with Crippen molar-refractivity contribution in [2.45, 2.75) is 182 Å². The molecule has 54 heavy (non-hydrogen) atoms. The van der Waals surface area contributed by atoms with Crippen LogP contribution in [0.3, 0.4) is 0 Å². The molecule has 0 fully saturated rings. The molecule has 0 unspecified atom stereocenters. The number of hydrogen-bond acceptors (Lipinski definition) is 0. The maximum Gasteiger partial charge on any atom is 0.0220 e. The SMILES string of the molecule is CCCCCCCCC1(CCCCCCCC)c2cc(C)ccc2-c2ccc(-c3ccc4c(c3)C(C[C@H](C)CC)(C[C@H](C)CC)c3cc(C)ccc3-4)cc21. The highest BCUT2D eigenvalue weighted by molar-refractivity contribution is 5.87. The highest BCUT2D eigenvalue weighted by Gasteiger charge is 2.45. The molecule has 0 saturated carbocycles. The molecular weight excluding hydrogens is 649 g/mol. The van der Waals surface area contributed by atoms with E-state index < -0.39 is 0 Å². The summed E-state index contributed by atoms with van der Waals surface area (Å²) in [5.74, 6) is 1.34. The minimum atomic E-state index is 0.0569. The third kappa shape index (κ3) is 8.20. The Balaban J connectivity index is 1.45. The molecule has 2 aliphatic rings. The molecule has 4 aromatic carbocycles. The Hall–Kier alpha value is -3.12. The number of fused-ring (bicyclic) bond motifs is 6. The summed E-state index contributed by atoms with van der Waals surface area (Å²) in [6.07, 6.45) is 23.7. The molecule has 0 aliphatic heterocycles. The van der Waals surface area contributed by atoms with Gasteiger partial charge in [-0.2, -0.15) is 0 Å². The van der Waals surface area contributed by atoms with Crippen LogP contribution in [-0.4, -0.2) is 0 Å². The Bertz CT molecular complexity index is 1810. The van der Waals surface area contributed by atoms with Gasteiger partial charge in [0.05, 0.1) is 0 Å². The van der Waals surface area contributed by atoms with Crippen LogP contribution >= 0.6 is 0 Å². The van der Waals surface area contributed by atoms with Crippen LogP contribution in [0, 0.1) is 25.7 Å². The maximum atomic E-state index is 2.68. The average molecular weight is 723 g/mol. The van der Waals surface area contributed by atoms with E-state index in [-0.39, 0.29) is 10.8 Å². The van der Waals surface area contributed by atoms with E-state index in [4.69, 9.17) is 0 Å². The van der Waals surface area contributed by atoms with Crippen molar-refractivity contribution in [1.82, 2.24) is 0 Å². The third-order valence-electron chi connectivity index (χ3n) is 14.1. The quantitative estimate of drug-likeness (QED) is 0.0751. The van der Waals surface area contributed by atoms with Crippen LogP contribution in [0.1, 0.15) is 190 Å². The summed E-state index contributed by atoms with van der Waals surface area (Å²) in [6.45, 7) is 19.0. The van der Waals surface area contributed by atoms with E-state index in [9.17, 15) is 0 Å². The van der Waals surface area contributed by atoms with Gasteiger partial charge in [-0.15, -0.1) is 0 Å². The second-order valence-corrected chi connectivity index (χ2v) is 18.3. The summed E-state index contributed by atoms with van der Waals surface area (Å²) < 4.78 is 0. The number of unbranched alkanes of at least 4 members (excludes halogenated alkanes) is 10. The third-order valence-corrected chi connectivity index (χ3v) is 14.1. The molecular formula is C54H74. The van der Waals surface area contributed by atoms with Crippen molar-refractivity contribution in [3.05, 3.63) is 106 Å². The Morgan fingerprint density at radius 3 is 1.19 bits per heavy atom. The van der Waals surface area contributed by atoms with E-state index in [1.165, 1.54) is 160 Å². The standard InChI is InChI=1S/C54H74/c1-9-13-15-17-19-21-31-53(32-22-20-18-16-14-10-2)49-33-41(7)23-27-45(49)47-29-25-43(35-51(47)53)44-26-30-48-46-28-24-42(8)34-50(46)54(52(48)36-44,37-39(5)11-3)38-40(6)12-4/h23-30,33-36,39-40H,9-22,31-32,37-38H2,1-8H3/t39-,40-/m1/s1. The molecule has 0 nitrogen and oxygen atoms in total. The number of benzene rings is 4. The second-order valence-electron chi connectivity index (χ2n) is 18.3. The maximum absolute atomic E-state index is 2.68. The van der Waals surface area contributed by atoms with Gasteiger partial charge >= 0.3 is 0 Å². The summed E-state index contributed by atoms with van der Waals surface area (Å²) in [5.41, 5.74) is 18.1. The fourth-order valence-corrected chi connectivity index (χ4v) is 10.7.